The molecule has 2 aromatic rings. The maximum absolute atomic E-state index is 5.96. The summed E-state index contributed by atoms with van der Waals surface area (Å²) in [5, 5.41) is 4.66. The van der Waals surface area contributed by atoms with Gasteiger partial charge in [-0.25, -0.2) is 4.68 Å². The molecule has 2 N–H and O–H groups in total. The van der Waals surface area contributed by atoms with Gasteiger partial charge in [0.2, 0.25) is 0 Å². The van der Waals surface area contributed by atoms with E-state index in [1.54, 1.807) is 16.8 Å². The van der Waals surface area contributed by atoms with Crippen LogP contribution in [0.4, 0.5) is 5.82 Å². The highest BCUT2D eigenvalue weighted by Gasteiger charge is 2.03. The number of anilines is 1. The summed E-state index contributed by atoms with van der Waals surface area (Å²) in [6.07, 6.45) is 0. The molecule has 0 saturated carbocycles. The Morgan fingerprint density at radius 1 is 1.44 bits per heavy atom. The monoisotopic (exact) mass is 237 g/mol. The quantitative estimate of drug-likeness (QED) is 0.892. The lowest BCUT2D eigenvalue weighted by molar-refractivity contribution is 0.219. The van der Waals surface area contributed by atoms with Crippen LogP contribution < -0.4 is 10.5 Å². The van der Waals surface area contributed by atoms with Crippen LogP contribution in [0.5, 0.6) is 5.75 Å². The van der Waals surface area contributed by atoms with Crippen molar-refractivity contribution in [3.05, 3.63) is 41.0 Å². The standard InChI is InChI=1S/C11H12ClN3O/c1-8-6-11(13)14-15(8)7-16-10-5-3-2-4-9(10)12/h2-6H,7H2,1H3,(H2,13,14). The minimum Gasteiger partial charge on any atom is -0.470 e. The van der Waals surface area contributed by atoms with E-state index in [1.807, 2.05) is 25.1 Å². The summed E-state index contributed by atoms with van der Waals surface area (Å²) in [5.74, 6) is 1.12. The average molecular weight is 238 g/mol. The van der Waals surface area contributed by atoms with Crippen molar-refractivity contribution in [3.63, 3.8) is 0 Å². The van der Waals surface area contributed by atoms with Crippen LogP contribution in [0.2, 0.25) is 5.02 Å². The van der Waals surface area contributed by atoms with E-state index in [9.17, 15) is 0 Å². The van der Waals surface area contributed by atoms with Gasteiger partial charge in [0.15, 0.2) is 6.73 Å². The van der Waals surface area contributed by atoms with E-state index in [4.69, 9.17) is 22.1 Å². The Morgan fingerprint density at radius 3 is 2.81 bits per heavy atom. The van der Waals surface area contributed by atoms with Crippen molar-refractivity contribution >= 4 is 17.4 Å². The highest BCUT2D eigenvalue weighted by Crippen LogP contribution is 2.23. The van der Waals surface area contributed by atoms with Crippen LogP contribution in [-0.2, 0) is 6.73 Å². The van der Waals surface area contributed by atoms with E-state index in [1.165, 1.54) is 0 Å². The number of rotatable bonds is 3. The van der Waals surface area contributed by atoms with Gasteiger partial charge in [-0.3, -0.25) is 0 Å². The number of nitrogens with zero attached hydrogens (tertiary/aromatic N) is 2. The summed E-state index contributed by atoms with van der Waals surface area (Å²) in [6, 6.07) is 9.10. The number of para-hydroxylation sites is 1. The summed E-state index contributed by atoms with van der Waals surface area (Å²) in [5.41, 5.74) is 6.51. The second-order valence-corrected chi connectivity index (χ2v) is 3.82. The molecule has 0 bridgehead atoms. The van der Waals surface area contributed by atoms with Crippen LogP contribution in [0.25, 0.3) is 0 Å². The summed E-state index contributed by atoms with van der Waals surface area (Å²) in [7, 11) is 0. The second-order valence-electron chi connectivity index (χ2n) is 3.41. The molecule has 16 heavy (non-hydrogen) atoms. The number of benzene rings is 1. The first-order chi connectivity index (χ1) is 7.66. The van der Waals surface area contributed by atoms with Crippen molar-refractivity contribution < 1.29 is 4.74 Å². The first kappa shape index (κ1) is 10.8. The molecule has 1 heterocycles. The molecule has 0 spiro atoms. The molecule has 84 valence electrons. The normalized spacial score (nSPS) is 10.4. The zero-order valence-electron chi connectivity index (χ0n) is 8.85. The van der Waals surface area contributed by atoms with Crippen LogP contribution in [0.3, 0.4) is 0 Å². The third-order valence-electron chi connectivity index (χ3n) is 2.18. The van der Waals surface area contributed by atoms with Crippen molar-refractivity contribution in [3.8, 4) is 5.75 Å². The number of aromatic nitrogens is 2. The molecule has 0 radical (unpaired) electrons. The van der Waals surface area contributed by atoms with Gasteiger partial charge in [-0.15, -0.1) is 0 Å². The van der Waals surface area contributed by atoms with E-state index in [2.05, 4.69) is 5.10 Å². The number of ether oxygens (including phenoxy) is 1. The molecular formula is C11H12ClN3O. The lowest BCUT2D eigenvalue weighted by Gasteiger charge is -2.08. The van der Waals surface area contributed by atoms with Gasteiger partial charge >= 0.3 is 0 Å². The summed E-state index contributed by atoms with van der Waals surface area (Å²) in [6.45, 7) is 2.21. The maximum Gasteiger partial charge on any atom is 0.181 e. The number of aryl methyl sites for hydroxylation is 1. The Labute approximate surface area is 98.6 Å². The van der Waals surface area contributed by atoms with Crippen molar-refractivity contribution in [2.75, 3.05) is 5.73 Å². The molecule has 4 nitrogen and oxygen atoms in total. The lowest BCUT2D eigenvalue weighted by atomic mass is 10.3. The zero-order valence-corrected chi connectivity index (χ0v) is 9.61. The van der Waals surface area contributed by atoms with Gasteiger partial charge in [0.1, 0.15) is 11.6 Å². The third-order valence-corrected chi connectivity index (χ3v) is 2.49. The van der Waals surface area contributed by atoms with Gasteiger partial charge < -0.3 is 10.5 Å². The van der Waals surface area contributed by atoms with Gasteiger partial charge in [0, 0.05) is 11.8 Å². The summed E-state index contributed by atoms with van der Waals surface area (Å²) in [4.78, 5) is 0. The van der Waals surface area contributed by atoms with Crippen LogP contribution in [0.15, 0.2) is 30.3 Å². The maximum atomic E-state index is 5.96. The SMILES string of the molecule is Cc1cc(N)nn1COc1ccccc1Cl. The number of hydrogen-bond donors (Lipinski definition) is 1. The number of halogens is 1. The molecule has 0 aliphatic carbocycles. The van der Waals surface area contributed by atoms with E-state index in [0.29, 0.717) is 23.3 Å². The van der Waals surface area contributed by atoms with E-state index in [0.717, 1.165) is 5.69 Å². The Balaban J connectivity index is 2.08. The smallest absolute Gasteiger partial charge is 0.181 e. The average Bonchev–Trinajstić information content (AvgIpc) is 2.56. The third kappa shape index (κ3) is 2.28. The van der Waals surface area contributed by atoms with Crippen molar-refractivity contribution in [2.24, 2.45) is 0 Å². The Morgan fingerprint density at radius 2 is 2.19 bits per heavy atom. The van der Waals surface area contributed by atoms with Crippen molar-refractivity contribution in [1.82, 2.24) is 9.78 Å². The van der Waals surface area contributed by atoms with E-state index in [-0.39, 0.29) is 0 Å². The van der Waals surface area contributed by atoms with Gasteiger partial charge in [-0.1, -0.05) is 23.7 Å². The summed E-state index contributed by atoms with van der Waals surface area (Å²) >= 11 is 5.96. The van der Waals surface area contributed by atoms with Gasteiger partial charge in [-0.2, -0.15) is 5.10 Å². The molecule has 0 aliphatic heterocycles. The molecule has 0 aliphatic rings. The molecule has 0 saturated heterocycles. The fourth-order valence-electron chi connectivity index (χ4n) is 1.36. The van der Waals surface area contributed by atoms with Gasteiger partial charge in [-0.05, 0) is 19.1 Å². The Bertz CT molecular complexity index is 496. The van der Waals surface area contributed by atoms with Gasteiger partial charge in [0.05, 0.1) is 5.02 Å². The highest BCUT2D eigenvalue weighted by atomic mass is 35.5. The van der Waals surface area contributed by atoms with E-state index >= 15 is 0 Å². The molecular weight excluding hydrogens is 226 g/mol. The first-order valence-corrected chi connectivity index (χ1v) is 5.22. The number of nitrogens with two attached hydrogens (primary N) is 1. The molecule has 1 aromatic carbocycles. The second kappa shape index (κ2) is 4.45. The molecule has 1 aromatic heterocycles. The van der Waals surface area contributed by atoms with Crippen LogP contribution in [0, 0.1) is 6.92 Å². The van der Waals surface area contributed by atoms with Crippen LogP contribution >= 0.6 is 11.6 Å². The zero-order chi connectivity index (χ0) is 11.5. The van der Waals surface area contributed by atoms with Crippen LogP contribution in [0.1, 0.15) is 5.69 Å². The molecule has 0 fully saturated rings. The Hall–Kier alpha value is -1.68. The number of nitrogen functional groups attached to an aromatic ring is 1. The fraction of sp³-hybridized carbons (Fsp3) is 0.182. The van der Waals surface area contributed by atoms with E-state index < -0.39 is 0 Å². The van der Waals surface area contributed by atoms with Crippen molar-refractivity contribution in [1.29, 1.82) is 0 Å². The Kier molecular flexibility index (Phi) is 3.01. The molecule has 2 rings (SSSR count). The fourth-order valence-corrected chi connectivity index (χ4v) is 1.55. The minimum atomic E-state index is 0.298. The lowest BCUT2D eigenvalue weighted by Crippen LogP contribution is -2.08. The predicted octanol–water partition coefficient (Wildman–Crippen LogP) is 2.46. The van der Waals surface area contributed by atoms with Crippen LogP contribution in [-0.4, -0.2) is 9.78 Å². The molecule has 5 heteroatoms. The number of hydrogen-bond acceptors (Lipinski definition) is 3. The van der Waals surface area contributed by atoms with Crippen molar-refractivity contribution in [2.45, 2.75) is 13.7 Å². The molecule has 0 atom stereocenters. The predicted molar refractivity (Wildman–Crippen MR) is 63.5 cm³/mol. The molecule has 0 amide bonds. The highest BCUT2D eigenvalue weighted by molar-refractivity contribution is 6.32. The molecule has 0 unspecified atom stereocenters. The first-order valence-electron chi connectivity index (χ1n) is 4.84. The van der Waals surface area contributed by atoms with Gasteiger partial charge in [0.25, 0.3) is 0 Å². The minimum absolute atomic E-state index is 0.298. The topological polar surface area (TPSA) is 53.1 Å². The summed E-state index contributed by atoms with van der Waals surface area (Å²) < 4.78 is 7.21. The largest absolute Gasteiger partial charge is 0.470 e.